The Kier molecular flexibility index (Phi) is 4.51. The first-order valence-corrected chi connectivity index (χ1v) is 7.06. The Bertz CT molecular complexity index is 378. The fraction of sp³-hybridized carbons (Fsp3) is 0.900. The van der Waals surface area contributed by atoms with E-state index < -0.39 is 14.8 Å². The molecule has 0 unspecified atom stereocenters. The van der Waals surface area contributed by atoms with Crippen molar-refractivity contribution in [2.45, 2.75) is 25.0 Å². The van der Waals surface area contributed by atoms with E-state index in [9.17, 15) is 13.2 Å². The minimum Gasteiger partial charge on any atom is -0.383 e. The second kappa shape index (κ2) is 5.32. The van der Waals surface area contributed by atoms with E-state index in [0.29, 0.717) is 19.6 Å². The molecule has 17 heavy (non-hydrogen) atoms. The van der Waals surface area contributed by atoms with Crippen molar-refractivity contribution in [1.82, 2.24) is 9.62 Å². The van der Waals surface area contributed by atoms with Gasteiger partial charge in [-0.3, -0.25) is 4.79 Å². The molecule has 0 bridgehead atoms. The Hall–Kier alpha value is -0.660. The van der Waals surface area contributed by atoms with Gasteiger partial charge in [-0.2, -0.15) is 0 Å². The minimum absolute atomic E-state index is 0.255. The van der Waals surface area contributed by atoms with Gasteiger partial charge in [-0.1, -0.05) is 0 Å². The van der Waals surface area contributed by atoms with Gasteiger partial charge in [-0.05, 0) is 26.8 Å². The van der Waals surface area contributed by atoms with Crippen LogP contribution in [0.3, 0.4) is 0 Å². The Labute approximate surface area is 102 Å². The van der Waals surface area contributed by atoms with Crippen molar-refractivity contribution < 1.29 is 17.9 Å². The van der Waals surface area contributed by atoms with Crippen LogP contribution in [0.5, 0.6) is 0 Å². The quantitative estimate of drug-likeness (QED) is 0.631. The average molecular weight is 264 g/mol. The lowest BCUT2D eigenvalue weighted by Crippen LogP contribution is -2.67. The molecular weight excluding hydrogens is 244 g/mol. The van der Waals surface area contributed by atoms with E-state index in [1.54, 1.807) is 7.11 Å². The molecule has 1 rings (SSSR count). The van der Waals surface area contributed by atoms with Crippen molar-refractivity contribution in [3.63, 3.8) is 0 Å². The Morgan fingerprint density at radius 2 is 2.00 bits per heavy atom. The summed E-state index contributed by atoms with van der Waals surface area (Å²) in [6.07, 6.45) is 0.616. The van der Waals surface area contributed by atoms with Crippen LogP contribution in [0.15, 0.2) is 0 Å². The molecule has 0 radical (unpaired) electrons. The fourth-order valence-corrected chi connectivity index (χ4v) is 3.19. The average Bonchev–Trinajstić information content (AvgIpc) is 2.26. The predicted molar refractivity (Wildman–Crippen MR) is 64.1 cm³/mol. The number of methoxy groups -OCH3 is 1. The summed E-state index contributed by atoms with van der Waals surface area (Å²) in [6, 6.07) is 0. The second-order valence-electron chi connectivity index (χ2n) is 4.49. The summed E-state index contributed by atoms with van der Waals surface area (Å²) in [5.41, 5.74) is 0. The molecule has 0 aromatic heterocycles. The first kappa shape index (κ1) is 14.4. The third kappa shape index (κ3) is 2.61. The molecule has 6 nitrogen and oxygen atoms in total. The fourth-order valence-electron chi connectivity index (χ4n) is 1.62. The molecule has 1 amide bonds. The van der Waals surface area contributed by atoms with E-state index in [1.165, 1.54) is 13.8 Å². The lowest BCUT2D eigenvalue weighted by molar-refractivity contribution is -0.132. The summed E-state index contributed by atoms with van der Waals surface area (Å²) in [5.74, 6) is -0.311. The van der Waals surface area contributed by atoms with Crippen molar-refractivity contribution in [3.05, 3.63) is 0 Å². The maximum Gasteiger partial charge on any atom is 0.258 e. The molecule has 7 heteroatoms. The van der Waals surface area contributed by atoms with E-state index in [1.807, 2.05) is 0 Å². The molecule has 0 atom stereocenters. The minimum atomic E-state index is -3.42. The summed E-state index contributed by atoms with van der Waals surface area (Å²) in [5, 5.41) is 3.09. The van der Waals surface area contributed by atoms with Gasteiger partial charge in [0.1, 0.15) is 0 Å². The van der Waals surface area contributed by atoms with Crippen LogP contribution in [0.4, 0.5) is 0 Å². The van der Waals surface area contributed by atoms with Gasteiger partial charge in [0.05, 0.1) is 6.61 Å². The third-order valence-electron chi connectivity index (χ3n) is 2.87. The zero-order valence-electron chi connectivity index (χ0n) is 10.5. The van der Waals surface area contributed by atoms with Gasteiger partial charge in [0, 0.05) is 20.2 Å². The first-order valence-electron chi connectivity index (χ1n) is 5.62. The molecule has 1 saturated heterocycles. The zero-order valence-corrected chi connectivity index (χ0v) is 11.3. The Balaban J connectivity index is 2.28. The van der Waals surface area contributed by atoms with Crippen LogP contribution in [-0.2, 0) is 19.6 Å². The van der Waals surface area contributed by atoms with Gasteiger partial charge in [0.15, 0.2) is 4.75 Å². The molecule has 0 spiro atoms. The third-order valence-corrected chi connectivity index (χ3v) is 5.27. The van der Waals surface area contributed by atoms with Gasteiger partial charge >= 0.3 is 0 Å². The summed E-state index contributed by atoms with van der Waals surface area (Å²) < 4.78 is 28.0. The van der Waals surface area contributed by atoms with Crippen LogP contribution in [-0.4, -0.2) is 56.7 Å². The van der Waals surface area contributed by atoms with E-state index >= 15 is 0 Å². The largest absolute Gasteiger partial charge is 0.383 e. The van der Waals surface area contributed by atoms with Crippen molar-refractivity contribution >= 4 is 15.9 Å². The maximum atomic E-state index is 11.7. The van der Waals surface area contributed by atoms with Crippen molar-refractivity contribution in [1.29, 1.82) is 0 Å². The van der Waals surface area contributed by atoms with Crippen LogP contribution < -0.4 is 5.32 Å². The maximum absolute atomic E-state index is 11.7. The van der Waals surface area contributed by atoms with E-state index in [4.69, 9.17) is 4.74 Å². The molecule has 100 valence electrons. The number of amides is 1. The normalized spacial score (nSPS) is 21.4. The second-order valence-corrected chi connectivity index (χ2v) is 6.90. The number of hydrogen-bond acceptors (Lipinski definition) is 5. The molecule has 1 aliphatic rings. The van der Waals surface area contributed by atoms with E-state index in [2.05, 4.69) is 5.32 Å². The zero-order chi connectivity index (χ0) is 13.1. The Morgan fingerprint density at radius 1 is 1.35 bits per heavy atom. The first-order chi connectivity index (χ1) is 7.85. The molecule has 1 fully saturated rings. The number of sulfonamides is 1. The highest BCUT2D eigenvalue weighted by atomic mass is 32.2. The van der Waals surface area contributed by atoms with Gasteiger partial charge in [-0.25, -0.2) is 12.7 Å². The lowest BCUT2D eigenvalue weighted by Gasteiger charge is -2.43. The lowest BCUT2D eigenvalue weighted by atomic mass is 10.2. The molecule has 0 aromatic carbocycles. The van der Waals surface area contributed by atoms with Crippen LogP contribution in [0.1, 0.15) is 20.3 Å². The SMILES string of the molecule is COCCNCCCN1C(=O)C(C)(C)S1(=O)=O. The molecule has 1 heterocycles. The van der Waals surface area contributed by atoms with Crippen LogP contribution in [0.2, 0.25) is 0 Å². The summed E-state index contributed by atoms with van der Waals surface area (Å²) in [4.78, 5) is 11.6. The van der Waals surface area contributed by atoms with Crippen molar-refractivity contribution in [3.8, 4) is 0 Å². The Morgan fingerprint density at radius 3 is 2.53 bits per heavy atom. The van der Waals surface area contributed by atoms with Gasteiger partial charge < -0.3 is 10.1 Å². The topological polar surface area (TPSA) is 75.7 Å². The molecule has 0 aliphatic carbocycles. The van der Waals surface area contributed by atoms with Crippen LogP contribution >= 0.6 is 0 Å². The number of carbonyl (C=O) groups excluding carboxylic acids is 1. The van der Waals surface area contributed by atoms with Crippen LogP contribution in [0.25, 0.3) is 0 Å². The molecule has 0 saturated carbocycles. The molecule has 1 N–H and O–H groups in total. The number of hydrogen-bond donors (Lipinski definition) is 1. The summed E-state index contributed by atoms with van der Waals surface area (Å²) >= 11 is 0. The van der Waals surface area contributed by atoms with Crippen molar-refractivity contribution in [2.75, 3.05) is 33.4 Å². The number of carbonyl (C=O) groups is 1. The highest BCUT2D eigenvalue weighted by Gasteiger charge is 2.59. The highest BCUT2D eigenvalue weighted by Crippen LogP contribution is 2.34. The summed E-state index contributed by atoms with van der Waals surface area (Å²) in [7, 11) is -1.80. The number of nitrogens with one attached hydrogen (secondary N) is 1. The molecule has 0 aromatic rings. The van der Waals surface area contributed by atoms with E-state index in [0.717, 1.165) is 10.8 Å². The standard InChI is InChI=1S/C10H20N2O4S/c1-10(2)9(13)12(17(10,14)15)7-4-5-11-6-8-16-3/h11H,4-8H2,1-3H3. The monoisotopic (exact) mass is 264 g/mol. The molecular formula is C10H20N2O4S. The number of nitrogens with zero attached hydrogens (tertiary/aromatic N) is 1. The van der Waals surface area contributed by atoms with Gasteiger partial charge in [-0.15, -0.1) is 0 Å². The number of rotatable bonds is 7. The molecule has 1 aliphatic heterocycles. The predicted octanol–water partition coefficient (Wildman–Crippen LogP) is -0.437. The van der Waals surface area contributed by atoms with Gasteiger partial charge in [0.2, 0.25) is 0 Å². The highest BCUT2D eigenvalue weighted by molar-refractivity contribution is 7.94. The number of ether oxygens (including phenoxy) is 1. The summed E-state index contributed by atoms with van der Waals surface area (Å²) in [6.45, 7) is 5.15. The van der Waals surface area contributed by atoms with Crippen LogP contribution in [0, 0.1) is 0 Å². The smallest absolute Gasteiger partial charge is 0.258 e. The van der Waals surface area contributed by atoms with Gasteiger partial charge in [0.25, 0.3) is 15.9 Å². The van der Waals surface area contributed by atoms with Crippen molar-refractivity contribution in [2.24, 2.45) is 0 Å². The van der Waals surface area contributed by atoms with E-state index in [-0.39, 0.29) is 12.5 Å².